The summed E-state index contributed by atoms with van der Waals surface area (Å²) >= 11 is 5.96. The Morgan fingerprint density at radius 1 is 1.22 bits per heavy atom. The number of carbonyl (C=O) groups is 1. The molecule has 1 aromatic rings. The Bertz CT molecular complexity index is 416. The van der Waals surface area contributed by atoms with Gasteiger partial charge in [0.2, 0.25) is 5.91 Å². The molecule has 4 nitrogen and oxygen atoms in total. The van der Waals surface area contributed by atoms with E-state index in [9.17, 15) is 4.79 Å². The fourth-order valence-electron chi connectivity index (χ4n) is 2.22. The molecule has 2 N–H and O–H groups in total. The largest absolute Gasteiger partial charge is 0.369 e. The molecular weight excluding hydrogens is 250 g/mol. The summed E-state index contributed by atoms with van der Waals surface area (Å²) in [5.74, 6) is -0.252. The summed E-state index contributed by atoms with van der Waals surface area (Å²) < 4.78 is 0. The molecule has 1 heterocycles. The van der Waals surface area contributed by atoms with Crippen molar-refractivity contribution in [3.63, 3.8) is 0 Å². The summed E-state index contributed by atoms with van der Waals surface area (Å²) in [6.45, 7) is 4.97. The third-order valence-corrected chi connectivity index (χ3v) is 3.37. The molecule has 5 heteroatoms. The quantitative estimate of drug-likeness (QED) is 0.884. The molecule has 0 atom stereocenters. The van der Waals surface area contributed by atoms with E-state index in [0.717, 1.165) is 37.7 Å². The summed E-state index contributed by atoms with van der Waals surface area (Å²) in [4.78, 5) is 15.3. The maximum Gasteiger partial charge on any atom is 0.231 e. The van der Waals surface area contributed by atoms with E-state index in [4.69, 9.17) is 17.3 Å². The van der Waals surface area contributed by atoms with E-state index in [1.807, 2.05) is 18.2 Å². The maximum absolute atomic E-state index is 10.8. The van der Waals surface area contributed by atoms with E-state index < -0.39 is 0 Å². The number of nitrogens with two attached hydrogens (primary N) is 1. The summed E-state index contributed by atoms with van der Waals surface area (Å²) in [5, 5.41) is 0.778. The second kappa shape index (κ2) is 6.18. The monoisotopic (exact) mass is 267 g/mol. The van der Waals surface area contributed by atoms with E-state index in [0.29, 0.717) is 6.54 Å². The number of amides is 1. The number of halogens is 1. The van der Waals surface area contributed by atoms with Crippen LogP contribution in [0.3, 0.4) is 0 Å². The summed E-state index contributed by atoms with van der Waals surface area (Å²) in [5.41, 5.74) is 6.42. The zero-order chi connectivity index (χ0) is 13.0. The molecule has 1 fully saturated rings. The van der Waals surface area contributed by atoms with Gasteiger partial charge in [0.1, 0.15) is 0 Å². The molecule has 1 amide bonds. The van der Waals surface area contributed by atoms with Crippen molar-refractivity contribution in [3.05, 3.63) is 34.9 Å². The van der Waals surface area contributed by atoms with E-state index in [2.05, 4.69) is 15.9 Å². The van der Waals surface area contributed by atoms with Crippen LogP contribution in [0.25, 0.3) is 0 Å². The first-order valence-corrected chi connectivity index (χ1v) is 6.49. The molecule has 0 saturated carbocycles. The lowest BCUT2D eigenvalue weighted by atomic mass is 10.2. The fraction of sp³-hybridized carbons (Fsp3) is 0.462. The van der Waals surface area contributed by atoms with Gasteiger partial charge in [0.25, 0.3) is 0 Å². The summed E-state index contributed by atoms with van der Waals surface area (Å²) in [6, 6.07) is 7.94. The van der Waals surface area contributed by atoms with Crippen LogP contribution in [-0.4, -0.2) is 48.4 Å². The smallest absolute Gasteiger partial charge is 0.231 e. The zero-order valence-electron chi connectivity index (χ0n) is 10.3. The number of primary amides is 1. The van der Waals surface area contributed by atoms with E-state index in [1.54, 1.807) is 0 Å². The molecule has 1 aromatic carbocycles. The van der Waals surface area contributed by atoms with Crippen molar-refractivity contribution in [1.82, 2.24) is 9.80 Å². The highest BCUT2D eigenvalue weighted by atomic mass is 35.5. The molecule has 0 unspecified atom stereocenters. The van der Waals surface area contributed by atoms with Crippen LogP contribution in [0, 0.1) is 0 Å². The number of hydrogen-bond acceptors (Lipinski definition) is 3. The Labute approximate surface area is 112 Å². The van der Waals surface area contributed by atoms with Crippen LogP contribution in [0.15, 0.2) is 24.3 Å². The normalized spacial score (nSPS) is 17.8. The van der Waals surface area contributed by atoms with Gasteiger partial charge < -0.3 is 5.73 Å². The van der Waals surface area contributed by atoms with Gasteiger partial charge in [-0.25, -0.2) is 0 Å². The van der Waals surface area contributed by atoms with Gasteiger partial charge in [-0.15, -0.1) is 0 Å². The SMILES string of the molecule is NC(=O)CN1CCN(Cc2cccc(Cl)c2)CC1. The molecule has 1 aliphatic heterocycles. The number of carbonyl (C=O) groups excluding carboxylic acids is 1. The van der Waals surface area contributed by atoms with Crippen molar-refractivity contribution in [2.75, 3.05) is 32.7 Å². The van der Waals surface area contributed by atoms with Gasteiger partial charge >= 0.3 is 0 Å². The van der Waals surface area contributed by atoms with Crippen molar-refractivity contribution in [2.45, 2.75) is 6.54 Å². The highest BCUT2D eigenvalue weighted by Crippen LogP contribution is 2.13. The lowest BCUT2D eigenvalue weighted by molar-refractivity contribution is -0.119. The second-order valence-electron chi connectivity index (χ2n) is 4.65. The first-order valence-electron chi connectivity index (χ1n) is 6.11. The molecule has 1 aliphatic rings. The van der Waals surface area contributed by atoms with Crippen LogP contribution < -0.4 is 5.73 Å². The minimum Gasteiger partial charge on any atom is -0.369 e. The first-order chi connectivity index (χ1) is 8.63. The van der Waals surface area contributed by atoms with Crippen LogP contribution in [0.5, 0.6) is 0 Å². The zero-order valence-corrected chi connectivity index (χ0v) is 11.1. The van der Waals surface area contributed by atoms with Crippen LogP contribution in [-0.2, 0) is 11.3 Å². The summed E-state index contributed by atoms with van der Waals surface area (Å²) in [7, 11) is 0. The minimum atomic E-state index is -0.252. The van der Waals surface area contributed by atoms with Crippen molar-refractivity contribution in [2.24, 2.45) is 5.73 Å². The van der Waals surface area contributed by atoms with Gasteiger partial charge in [-0.1, -0.05) is 23.7 Å². The average Bonchev–Trinajstić information content (AvgIpc) is 2.31. The van der Waals surface area contributed by atoms with Gasteiger partial charge in [-0.05, 0) is 17.7 Å². The Morgan fingerprint density at radius 2 is 1.89 bits per heavy atom. The van der Waals surface area contributed by atoms with Crippen molar-refractivity contribution in [1.29, 1.82) is 0 Å². The molecule has 1 saturated heterocycles. The Balaban J connectivity index is 1.81. The molecule has 98 valence electrons. The fourth-order valence-corrected chi connectivity index (χ4v) is 2.43. The van der Waals surface area contributed by atoms with Crippen LogP contribution in [0.1, 0.15) is 5.56 Å². The lowest BCUT2D eigenvalue weighted by Gasteiger charge is -2.34. The van der Waals surface area contributed by atoms with Gasteiger partial charge in [0.05, 0.1) is 6.54 Å². The molecule has 0 bridgehead atoms. The third kappa shape index (κ3) is 3.98. The first kappa shape index (κ1) is 13.3. The molecule has 0 radical (unpaired) electrons. The second-order valence-corrected chi connectivity index (χ2v) is 5.08. The molecule has 0 spiro atoms. The van der Waals surface area contributed by atoms with Crippen molar-refractivity contribution < 1.29 is 4.79 Å². The van der Waals surface area contributed by atoms with E-state index in [-0.39, 0.29) is 5.91 Å². The van der Waals surface area contributed by atoms with Crippen molar-refractivity contribution >= 4 is 17.5 Å². The van der Waals surface area contributed by atoms with Gasteiger partial charge in [0.15, 0.2) is 0 Å². The van der Waals surface area contributed by atoms with Crippen LogP contribution in [0.2, 0.25) is 5.02 Å². The maximum atomic E-state index is 10.8. The van der Waals surface area contributed by atoms with Gasteiger partial charge in [0, 0.05) is 37.7 Å². The number of hydrogen-bond donors (Lipinski definition) is 1. The van der Waals surface area contributed by atoms with E-state index >= 15 is 0 Å². The van der Waals surface area contributed by atoms with E-state index in [1.165, 1.54) is 5.56 Å². The Hall–Kier alpha value is -1.10. The molecule has 0 aromatic heterocycles. The topological polar surface area (TPSA) is 49.6 Å². The molecule has 0 aliphatic carbocycles. The van der Waals surface area contributed by atoms with Gasteiger partial charge in [-0.2, -0.15) is 0 Å². The van der Waals surface area contributed by atoms with Crippen LogP contribution in [0.4, 0.5) is 0 Å². The molecule has 2 rings (SSSR count). The molecule has 18 heavy (non-hydrogen) atoms. The highest BCUT2D eigenvalue weighted by molar-refractivity contribution is 6.30. The minimum absolute atomic E-state index is 0.252. The standard InChI is InChI=1S/C13H18ClN3O/c14-12-3-1-2-11(8-12)9-16-4-6-17(7-5-16)10-13(15)18/h1-3,8H,4-7,9-10H2,(H2,15,18). The summed E-state index contributed by atoms with van der Waals surface area (Å²) in [6.07, 6.45) is 0. The predicted molar refractivity (Wildman–Crippen MR) is 72.4 cm³/mol. The van der Waals surface area contributed by atoms with Crippen LogP contribution >= 0.6 is 11.6 Å². The lowest BCUT2D eigenvalue weighted by Crippen LogP contribution is -2.48. The number of rotatable bonds is 4. The Morgan fingerprint density at radius 3 is 2.50 bits per heavy atom. The number of benzene rings is 1. The van der Waals surface area contributed by atoms with Gasteiger partial charge in [-0.3, -0.25) is 14.6 Å². The van der Waals surface area contributed by atoms with Crippen molar-refractivity contribution in [3.8, 4) is 0 Å². The molecular formula is C13H18ClN3O. The predicted octanol–water partition coefficient (Wildman–Crippen LogP) is 0.943. The number of nitrogens with zero attached hydrogens (tertiary/aromatic N) is 2. The Kier molecular flexibility index (Phi) is 4.58. The average molecular weight is 268 g/mol. The number of piperazine rings is 1. The third-order valence-electron chi connectivity index (χ3n) is 3.14. The highest BCUT2D eigenvalue weighted by Gasteiger charge is 2.17.